The summed E-state index contributed by atoms with van der Waals surface area (Å²) >= 11 is 0. The third-order valence-electron chi connectivity index (χ3n) is 3.92. The number of rotatable bonds is 2. The summed E-state index contributed by atoms with van der Waals surface area (Å²) in [6.07, 6.45) is -1.72. The molecule has 0 heterocycles. The highest BCUT2D eigenvalue weighted by molar-refractivity contribution is 5.53. The molecule has 1 N–H and O–H groups in total. The van der Waals surface area contributed by atoms with Crippen molar-refractivity contribution in [1.82, 2.24) is 0 Å². The third kappa shape index (κ3) is 3.43. The highest BCUT2D eigenvalue weighted by Gasteiger charge is 2.45. The SMILES string of the molecule is Cc1ccc(C)c(NC2CCCCC2C(F)(F)F)c1. The number of benzene rings is 1. The van der Waals surface area contributed by atoms with Crippen molar-refractivity contribution in [2.24, 2.45) is 5.92 Å². The fourth-order valence-electron chi connectivity index (χ4n) is 2.79. The smallest absolute Gasteiger partial charge is 0.381 e. The Bertz CT molecular complexity index is 440. The monoisotopic (exact) mass is 271 g/mol. The van der Waals surface area contributed by atoms with E-state index in [1.165, 1.54) is 0 Å². The first kappa shape index (κ1) is 14.2. The van der Waals surface area contributed by atoms with Crippen LogP contribution in [0.25, 0.3) is 0 Å². The molecular weight excluding hydrogens is 251 g/mol. The van der Waals surface area contributed by atoms with E-state index in [0.717, 1.165) is 23.2 Å². The van der Waals surface area contributed by atoms with E-state index in [-0.39, 0.29) is 6.42 Å². The molecule has 0 spiro atoms. The molecule has 19 heavy (non-hydrogen) atoms. The maximum Gasteiger partial charge on any atom is 0.393 e. The molecule has 1 fully saturated rings. The van der Waals surface area contributed by atoms with E-state index in [1.54, 1.807) is 0 Å². The molecule has 106 valence electrons. The minimum atomic E-state index is -4.10. The number of alkyl halides is 3. The van der Waals surface area contributed by atoms with Gasteiger partial charge in [0.1, 0.15) is 0 Å². The van der Waals surface area contributed by atoms with Crippen molar-refractivity contribution >= 4 is 5.69 Å². The number of nitrogens with one attached hydrogen (secondary N) is 1. The van der Waals surface area contributed by atoms with Gasteiger partial charge < -0.3 is 5.32 Å². The topological polar surface area (TPSA) is 12.0 Å². The van der Waals surface area contributed by atoms with Crippen molar-refractivity contribution in [2.45, 2.75) is 51.7 Å². The fraction of sp³-hybridized carbons (Fsp3) is 0.600. The van der Waals surface area contributed by atoms with Crippen LogP contribution in [0.4, 0.5) is 18.9 Å². The van der Waals surface area contributed by atoms with Gasteiger partial charge in [0.05, 0.1) is 5.92 Å². The van der Waals surface area contributed by atoms with Crippen LogP contribution in [0.1, 0.15) is 36.8 Å². The molecule has 1 nitrogen and oxygen atoms in total. The largest absolute Gasteiger partial charge is 0.393 e. The number of hydrogen-bond acceptors (Lipinski definition) is 1. The second kappa shape index (κ2) is 5.43. The molecule has 1 aromatic rings. The van der Waals surface area contributed by atoms with Crippen molar-refractivity contribution in [3.63, 3.8) is 0 Å². The van der Waals surface area contributed by atoms with Crippen LogP contribution in [0, 0.1) is 19.8 Å². The average Bonchev–Trinajstić information content (AvgIpc) is 2.33. The Morgan fingerprint density at radius 1 is 1.11 bits per heavy atom. The lowest BCUT2D eigenvalue weighted by Crippen LogP contribution is -2.41. The van der Waals surface area contributed by atoms with Crippen LogP contribution >= 0.6 is 0 Å². The first-order valence-electron chi connectivity index (χ1n) is 6.78. The molecule has 1 aliphatic rings. The molecule has 2 unspecified atom stereocenters. The maximum atomic E-state index is 13.0. The molecular formula is C15H20F3N. The van der Waals surface area contributed by atoms with Crippen molar-refractivity contribution in [2.75, 3.05) is 5.32 Å². The van der Waals surface area contributed by atoms with Gasteiger partial charge in [-0.15, -0.1) is 0 Å². The quantitative estimate of drug-likeness (QED) is 0.811. The Labute approximate surface area is 112 Å². The van der Waals surface area contributed by atoms with Gasteiger partial charge >= 0.3 is 6.18 Å². The zero-order valence-electron chi connectivity index (χ0n) is 11.3. The van der Waals surface area contributed by atoms with Crippen molar-refractivity contribution in [3.8, 4) is 0 Å². The van der Waals surface area contributed by atoms with E-state index >= 15 is 0 Å². The molecule has 0 aliphatic heterocycles. The summed E-state index contributed by atoms with van der Waals surface area (Å²) in [4.78, 5) is 0. The summed E-state index contributed by atoms with van der Waals surface area (Å²) in [5.41, 5.74) is 2.89. The minimum Gasteiger partial charge on any atom is -0.381 e. The number of hydrogen-bond donors (Lipinski definition) is 1. The van der Waals surface area contributed by atoms with Gasteiger partial charge in [0.15, 0.2) is 0 Å². The van der Waals surface area contributed by atoms with E-state index in [9.17, 15) is 13.2 Å². The molecule has 1 saturated carbocycles. The molecule has 0 amide bonds. The van der Waals surface area contributed by atoms with Crippen molar-refractivity contribution in [1.29, 1.82) is 0 Å². The van der Waals surface area contributed by atoms with Gasteiger partial charge in [-0.05, 0) is 43.9 Å². The summed E-state index contributed by atoms with van der Waals surface area (Å²) in [6.45, 7) is 3.87. The Morgan fingerprint density at radius 2 is 1.79 bits per heavy atom. The molecule has 0 radical (unpaired) electrons. The van der Waals surface area contributed by atoms with E-state index in [4.69, 9.17) is 0 Å². The minimum absolute atomic E-state index is 0.242. The fourth-order valence-corrected chi connectivity index (χ4v) is 2.79. The summed E-state index contributed by atoms with van der Waals surface area (Å²) in [5.74, 6) is -1.22. The lowest BCUT2D eigenvalue weighted by molar-refractivity contribution is -0.184. The van der Waals surface area contributed by atoms with E-state index in [1.807, 2.05) is 32.0 Å². The first-order chi connectivity index (χ1) is 8.88. The molecule has 2 rings (SSSR count). The lowest BCUT2D eigenvalue weighted by atomic mass is 9.83. The number of halogens is 3. The summed E-state index contributed by atoms with van der Waals surface area (Å²) in [5, 5.41) is 3.13. The summed E-state index contributed by atoms with van der Waals surface area (Å²) in [6, 6.07) is 5.36. The molecule has 1 aromatic carbocycles. The Balaban J connectivity index is 2.17. The van der Waals surface area contributed by atoms with Crippen LogP contribution < -0.4 is 5.32 Å². The Kier molecular flexibility index (Phi) is 4.07. The molecule has 0 saturated heterocycles. The van der Waals surface area contributed by atoms with Gasteiger partial charge in [0.2, 0.25) is 0 Å². The van der Waals surface area contributed by atoms with Crippen molar-refractivity contribution < 1.29 is 13.2 Å². The molecule has 2 atom stereocenters. The van der Waals surface area contributed by atoms with Crippen LogP contribution in [0.3, 0.4) is 0 Å². The van der Waals surface area contributed by atoms with Gasteiger partial charge in [-0.1, -0.05) is 25.0 Å². The number of anilines is 1. The molecule has 0 aromatic heterocycles. The van der Waals surface area contributed by atoms with Gasteiger partial charge in [0.25, 0.3) is 0 Å². The normalized spacial score (nSPS) is 24.3. The zero-order chi connectivity index (χ0) is 14.0. The number of aryl methyl sites for hydroxylation is 2. The van der Waals surface area contributed by atoms with Crippen LogP contribution in [-0.2, 0) is 0 Å². The van der Waals surface area contributed by atoms with E-state index in [0.29, 0.717) is 12.8 Å². The summed E-state index contributed by atoms with van der Waals surface area (Å²) < 4.78 is 39.1. The standard InChI is InChI=1S/C15H20F3N/c1-10-7-8-11(2)14(9-10)19-13-6-4-3-5-12(13)15(16,17)18/h7-9,12-13,19H,3-6H2,1-2H3. The predicted molar refractivity (Wildman–Crippen MR) is 71.3 cm³/mol. The van der Waals surface area contributed by atoms with Crippen LogP contribution in [0.15, 0.2) is 18.2 Å². The second-order valence-electron chi connectivity index (χ2n) is 5.50. The van der Waals surface area contributed by atoms with Crippen LogP contribution in [0.5, 0.6) is 0 Å². The lowest BCUT2D eigenvalue weighted by Gasteiger charge is -2.34. The molecule has 0 bridgehead atoms. The van der Waals surface area contributed by atoms with E-state index in [2.05, 4.69) is 5.32 Å². The van der Waals surface area contributed by atoms with Gasteiger partial charge in [-0.25, -0.2) is 0 Å². The van der Waals surface area contributed by atoms with Crippen LogP contribution in [0.2, 0.25) is 0 Å². The van der Waals surface area contributed by atoms with Gasteiger partial charge in [-0.2, -0.15) is 13.2 Å². The van der Waals surface area contributed by atoms with E-state index < -0.39 is 18.1 Å². The van der Waals surface area contributed by atoms with Crippen LogP contribution in [-0.4, -0.2) is 12.2 Å². The molecule has 4 heteroatoms. The Morgan fingerprint density at radius 3 is 2.47 bits per heavy atom. The molecule has 1 aliphatic carbocycles. The average molecular weight is 271 g/mol. The first-order valence-corrected chi connectivity index (χ1v) is 6.78. The van der Waals surface area contributed by atoms with Gasteiger partial charge in [-0.3, -0.25) is 0 Å². The Hall–Kier alpha value is -1.19. The summed E-state index contributed by atoms with van der Waals surface area (Å²) in [7, 11) is 0. The van der Waals surface area contributed by atoms with Crippen molar-refractivity contribution in [3.05, 3.63) is 29.3 Å². The highest BCUT2D eigenvalue weighted by atomic mass is 19.4. The van der Waals surface area contributed by atoms with Gasteiger partial charge in [0, 0.05) is 11.7 Å². The predicted octanol–water partition coefficient (Wildman–Crippen LogP) is 4.84. The zero-order valence-corrected chi connectivity index (χ0v) is 11.3. The third-order valence-corrected chi connectivity index (χ3v) is 3.92. The maximum absolute atomic E-state index is 13.0. The second-order valence-corrected chi connectivity index (χ2v) is 5.50. The highest BCUT2D eigenvalue weighted by Crippen LogP contribution is 2.39.